The molecule has 0 aliphatic heterocycles. The number of hydrogen-bond acceptors (Lipinski definition) is 7. The van der Waals surface area contributed by atoms with Crippen LogP contribution in [0.3, 0.4) is 0 Å². The van der Waals surface area contributed by atoms with Gasteiger partial charge in [0, 0.05) is 5.39 Å². The zero-order chi connectivity index (χ0) is 20.0. The highest BCUT2D eigenvalue weighted by molar-refractivity contribution is 6.11. The van der Waals surface area contributed by atoms with Crippen LogP contribution in [-0.4, -0.2) is 68.0 Å². The van der Waals surface area contributed by atoms with E-state index in [1.807, 2.05) is 18.2 Å². The number of hydrogen-bond donors (Lipinski definition) is 5. The molecule has 1 aromatic carbocycles. The molecule has 0 fully saturated rings. The van der Waals surface area contributed by atoms with Crippen LogP contribution in [0, 0.1) is 0 Å². The fourth-order valence-corrected chi connectivity index (χ4v) is 2.53. The minimum atomic E-state index is -0.911. The van der Waals surface area contributed by atoms with Gasteiger partial charge in [-0.15, -0.1) is 0 Å². The molecule has 6 N–H and O–H groups in total. The van der Waals surface area contributed by atoms with E-state index in [4.69, 9.17) is 15.9 Å². The number of rotatable bonds is 6. The van der Waals surface area contributed by atoms with Crippen LogP contribution in [0.5, 0.6) is 0 Å². The van der Waals surface area contributed by atoms with Crippen molar-refractivity contribution >= 4 is 33.8 Å². The molecule has 0 aliphatic carbocycles. The van der Waals surface area contributed by atoms with E-state index in [-0.39, 0.29) is 30.1 Å². The summed E-state index contributed by atoms with van der Waals surface area (Å²) in [6.07, 6.45) is 0.593. The van der Waals surface area contributed by atoms with Crippen molar-refractivity contribution in [2.24, 2.45) is 5.73 Å². The van der Waals surface area contributed by atoms with Crippen molar-refractivity contribution in [3.63, 3.8) is 0 Å². The maximum Gasteiger partial charge on any atom is 0.317 e. The minimum absolute atomic E-state index is 0. The zero-order valence-corrected chi connectivity index (χ0v) is 15.1. The van der Waals surface area contributed by atoms with E-state index in [0.717, 1.165) is 5.39 Å². The van der Waals surface area contributed by atoms with Gasteiger partial charge in [-0.3, -0.25) is 14.3 Å². The second-order valence-electron chi connectivity index (χ2n) is 5.70. The Morgan fingerprint density at radius 2 is 2.00 bits per heavy atom. The summed E-state index contributed by atoms with van der Waals surface area (Å²) in [7, 11) is 1.59. The van der Waals surface area contributed by atoms with Gasteiger partial charge >= 0.3 is 5.97 Å². The van der Waals surface area contributed by atoms with E-state index in [2.05, 4.69) is 15.3 Å². The van der Waals surface area contributed by atoms with Crippen molar-refractivity contribution < 1.29 is 29.6 Å². The first-order valence-corrected chi connectivity index (χ1v) is 8.07. The number of aliphatic carboxylic acids is 1. The molecule has 2 heterocycles. The third-order valence-electron chi connectivity index (χ3n) is 3.63. The number of nitrogens with zero attached hydrogens (tertiary/aromatic N) is 3. The fourth-order valence-electron chi connectivity index (χ4n) is 2.53. The van der Waals surface area contributed by atoms with E-state index < -0.39 is 18.0 Å². The van der Waals surface area contributed by atoms with Gasteiger partial charge in [-0.25, -0.2) is 9.97 Å². The van der Waals surface area contributed by atoms with Crippen molar-refractivity contribution in [2.45, 2.75) is 12.6 Å². The number of likely N-dealkylation sites (N-methyl/N-ethyl adjacent to an activating group) is 1. The third-order valence-corrected chi connectivity index (χ3v) is 3.63. The fraction of sp³-hybridized carbons (Fsp3) is 0.294. The number of carboxylic acid groups (broad SMARTS) is 1. The van der Waals surface area contributed by atoms with Crippen molar-refractivity contribution in [3.8, 4) is 0 Å². The van der Waals surface area contributed by atoms with Crippen LogP contribution >= 0.6 is 0 Å². The van der Waals surface area contributed by atoms with Gasteiger partial charge in [-0.2, -0.15) is 0 Å². The van der Waals surface area contributed by atoms with Gasteiger partial charge in [0.2, 0.25) is 0 Å². The lowest BCUT2D eigenvalue weighted by molar-refractivity contribution is -0.135. The number of carbonyl (C=O) groups excluding carboxylic acids is 1. The summed E-state index contributed by atoms with van der Waals surface area (Å²) in [5.41, 5.74) is 7.15. The average Bonchev–Trinajstić information content (AvgIpc) is 3.05. The van der Waals surface area contributed by atoms with E-state index in [0.29, 0.717) is 16.6 Å². The summed E-state index contributed by atoms with van der Waals surface area (Å²) >= 11 is 0. The molecule has 0 saturated heterocycles. The van der Waals surface area contributed by atoms with E-state index in [1.54, 1.807) is 17.7 Å². The number of primary amides is 1. The summed E-state index contributed by atoms with van der Waals surface area (Å²) in [6, 6.07) is 7.31. The maximum absolute atomic E-state index is 11.6. The number of aliphatic hydroxyl groups is 2. The normalized spacial score (nSPS) is 11.4. The molecule has 152 valence electrons. The largest absolute Gasteiger partial charge is 0.480 e. The van der Waals surface area contributed by atoms with Crippen LogP contribution in [0.2, 0.25) is 0 Å². The summed E-state index contributed by atoms with van der Waals surface area (Å²) in [5.74, 6) is -1.48. The van der Waals surface area contributed by atoms with Crippen LogP contribution in [-0.2, 0) is 11.3 Å². The molecule has 0 bridgehead atoms. The Kier molecular flexibility index (Phi) is 8.38. The minimum Gasteiger partial charge on any atom is -0.480 e. The molecule has 10 nitrogen and oxygen atoms in total. The number of para-hydroxylation sites is 1. The van der Waals surface area contributed by atoms with Crippen LogP contribution in [0.15, 0.2) is 30.6 Å². The number of imidazole rings is 1. The van der Waals surface area contributed by atoms with Crippen LogP contribution in [0.4, 0.5) is 4.70 Å². The number of nitrogens with one attached hydrogen (secondary N) is 1. The summed E-state index contributed by atoms with van der Waals surface area (Å²) in [5, 5.41) is 29.7. The summed E-state index contributed by atoms with van der Waals surface area (Å²) in [6.45, 7) is -0.148. The molecule has 3 rings (SSSR count). The first-order chi connectivity index (χ1) is 12.9. The Balaban J connectivity index is 0.000000492. The second kappa shape index (κ2) is 10.3. The number of nitrogens with two attached hydrogens (primary N) is 1. The van der Waals surface area contributed by atoms with Crippen LogP contribution < -0.4 is 11.1 Å². The number of aromatic nitrogens is 3. The summed E-state index contributed by atoms with van der Waals surface area (Å²) in [4.78, 5) is 29.5. The van der Waals surface area contributed by atoms with Crippen molar-refractivity contribution in [3.05, 3.63) is 36.3 Å². The lowest BCUT2D eigenvalue weighted by atomic mass is 10.1. The highest BCUT2D eigenvalue weighted by Gasteiger charge is 2.18. The first-order valence-electron chi connectivity index (χ1n) is 8.07. The maximum atomic E-state index is 11.6. The molecule has 1 atom stereocenters. The Morgan fingerprint density at radius 1 is 1.32 bits per heavy atom. The number of benzene rings is 1. The number of aliphatic hydroxyl groups excluding tert-OH is 2. The number of amides is 1. The number of pyridine rings is 1. The predicted molar refractivity (Wildman–Crippen MR) is 101 cm³/mol. The van der Waals surface area contributed by atoms with Crippen LogP contribution in [0.1, 0.15) is 10.5 Å². The molecule has 1 amide bonds. The number of fused-ring (bicyclic) bond motifs is 3. The molecule has 2 aromatic heterocycles. The summed E-state index contributed by atoms with van der Waals surface area (Å²) < 4.78 is 1.69. The molecule has 11 heteroatoms. The number of carbonyl (C=O) groups is 2. The third kappa shape index (κ3) is 5.19. The topological polar surface area (TPSA) is 164 Å². The van der Waals surface area contributed by atoms with Gasteiger partial charge in [0.05, 0.1) is 43.2 Å². The lowest BCUT2D eigenvalue weighted by Gasteiger charge is -2.11. The molecule has 0 aliphatic rings. The highest BCUT2D eigenvalue weighted by Crippen LogP contribution is 2.25. The molecule has 28 heavy (non-hydrogen) atoms. The van der Waals surface area contributed by atoms with Crippen molar-refractivity contribution in [2.75, 3.05) is 20.2 Å². The van der Waals surface area contributed by atoms with E-state index in [1.165, 1.54) is 6.33 Å². The molecule has 3 aromatic rings. The van der Waals surface area contributed by atoms with Gasteiger partial charge < -0.3 is 30.9 Å². The molecule has 0 saturated carbocycles. The molecule has 1 unspecified atom stereocenters. The Bertz CT molecular complexity index is 962. The first kappa shape index (κ1) is 22.9. The smallest absolute Gasteiger partial charge is 0.317 e. The Morgan fingerprint density at radius 3 is 2.54 bits per heavy atom. The molecule has 0 spiro atoms. The van der Waals surface area contributed by atoms with Crippen molar-refractivity contribution in [1.29, 1.82) is 0 Å². The molecular weight excluding hydrogens is 373 g/mol. The Hall–Kier alpha value is -3.15. The van der Waals surface area contributed by atoms with Gasteiger partial charge in [0.1, 0.15) is 5.52 Å². The quantitative estimate of drug-likeness (QED) is 0.372. The SMILES string of the molecule is CNCC(=O)O.F.NC(=O)c1nc2ccccc2c2c1ncn2CC(O)CO. The Labute approximate surface area is 159 Å². The van der Waals surface area contributed by atoms with E-state index >= 15 is 0 Å². The van der Waals surface area contributed by atoms with Gasteiger partial charge in [-0.1, -0.05) is 18.2 Å². The number of carboxylic acids is 1. The van der Waals surface area contributed by atoms with E-state index in [9.17, 15) is 14.7 Å². The monoisotopic (exact) mass is 395 g/mol. The molecule has 0 radical (unpaired) electrons. The van der Waals surface area contributed by atoms with Gasteiger partial charge in [0.25, 0.3) is 5.91 Å². The van der Waals surface area contributed by atoms with Crippen molar-refractivity contribution in [1.82, 2.24) is 19.9 Å². The predicted octanol–water partition coefficient (Wildman–Crippen LogP) is -0.520. The van der Waals surface area contributed by atoms with Gasteiger partial charge in [-0.05, 0) is 13.1 Å². The molecular formula is C17H22FN5O5. The average molecular weight is 395 g/mol. The number of halogens is 1. The highest BCUT2D eigenvalue weighted by atomic mass is 19.0. The van der Waals surface area contributed by atoms with Crippen LogP contribution in [0.25, 0.3) is 21.9 Å². The zero-order valence-electron chi connectivity index (χ0n) is 15.1. The standard InChI is InChI=1S/C14H14N4O3.C3H7NO2.FH/c15-14(21)12-11-13(9-3-1-2-4-10(9)17-12)18(7-16-11)5-8(20)6-19;1-4-2-3(5)6;/h1-4,7-8,19-20H,5-6H2,(H2,15,21);4H,2H2,1H3,(H,5,6);1H. The van der Waals surface area contributed by atoms with Gasteiger partial charge in [0.15, 0.2) is 5.69 Å². The lowest BCUT2D eigenvalue weighted by Crippen LogP contribution is -2.19. The second-order valence-corrected chi connectivity index (χ2v) is 5.70.